The van der Waals surface area contributed by atoms with E-state index < -0.39 is 15.8 Å². The van der Waals surface area contributed by atoms with Crippen molar-refractivity contribution in [2.75, 3.05) is 35.4 Å². The maximum Gasteiger partial charge on any atom is 0.417 e. The van der Waals surface area contributed by atoms with Crippen LogP contribution >= 0.6 is 0 Å². The lowest BCUT2D eigenvalue weighted by atomic mass is 10.1. The molecule has 0 aliphatic carbocycles. The van der Waals surface area contributed by atoms with Crippen molar-refractivity contribution >= 4 is 32.5 Å². The first-order valence-corrected chi connectivity index (χ1v) is 9.64. The van der Waals surface area contributed by atoms with Crippen LogP contribution in [0, 0.1) is 0 Å². The van der Waals surface area contributed by atoms with Crippen molar-refractivity contribution < 1.29 is 17.6 Å². The Morgan fingerprint density at radius 3 is 2.85 bits per heavy atom. The fourth-order valence-corrected chi connectivity index (χ4v) is 5.02. The summed E-state index contributed by atoms with van der Waals surface area (Å²) >= 11 is 0. The number of aromatic nitrogens is 1. The minimum absolute atomic E-state index is 0.0792. The van der Waals surface area contributed by atoms with Crippen LogP contribution in [0.2, 0.25) is 0 Å². The third kappa shape index (κ3) is 2.13. The molecule has 0 unspecified atom stereocenters. The third-order valence-corrected chi connectivity index (χ3v) is 6.54. The predicted molar refractivity (Wildman–Crippen MR) is 95.5 cm³/mol. The van der Waals surface area contributed by atoms with Gasteiger partial charge in [-0.3, -0.25) is 9.29 Å². The first-order chi connectivity index (χ1) is 12.5. The van der Waals surface area contributed by atoms with Crippen LogP contribution in [0.25, 0.3) is 11.1 Å². The van der Waals surface area contributed by atoms with Crippen LogP contribution < -0.4 is 19.7 Å². The average molecular weight is 373 g/mol. The highest BCUT2D eigenvalue weighted by molar-refractivity contribution is 7.92. The zero-order valence-electron chi connectivity index (χ0n) is 13.6. The molecule has 5 rings (SSSR count). The maximum absolute atomic E-state index is 13.3. The van der Waals surface area contributed by atoms with Gasteiger partial charge in [0.25, 0.3) is 10.0 Å². The number of hydrogen-bond donors (Lipinski definition) is 1. The van der Waals surface area contributed by atoms with Gasteiger partial charge in [-0.15, -0.1) is 0 Å². The Morgan fingerprint density at radius 1 is 1.08 bits per heavy atom. The van der Waals surface area contributed by atoms with Crippen LogP contribution in [-0.2, 0) is 10.0 Å². The van der Waals surface area contributed by atoms with E-state index in [1.807, 2.05) is 6.07 Å². The molecule has 8 nitrogen and oxygen atoms in total. The summed E-state index contributed by atoms with van der Waals surface area (Å²) in [5.74, 6) is 0.0816. The molecule has 0 amide bonds. The molecule has 0 spiro atoms. The summed E-state index contributed by atoms with van der Waals surface area (Å²) in [4.78, 5) is 16.1. The summed E-state index contributed by atoms with van der Waals surface area (Å²) in [5, 5.41) is 0. The van der Waals surface area contributed by atoms with Gasteiger partial charge in [-0.2, -0.15) is 0 Å². The molecule has 26 heavy (non-hydrogen) atoms. The van der Waals surface area contributed by atoms with Crippen molar-refractivity contribution in [3.8, 4) is 5.75 Å². The molecule has 9 heteroatoms. The Hall–Kier alpha value is -2.94. The highest BCUT2D eigenvalue weighted by atomic mass is 32.2. The summed E-state index contributed by atoms with van der Waals surface area (Å²) in [6, 6.07) is 9.81. The SMILES string of the molecule is O=c1[nH]c2ccc(S(=O)(=O)N3CCN4CCOc5cccc3c54)cc2o1. The number of hydrogen-bond acceptors (Lipinski definition) is 6. The summed E-state index contributed by atoms with van der Waals surface area (Å²) in [7, 11) is -3.81. The van der Waals surface area contributed by atoms with Gasteiger partial charge in [-0.05, 0) is 24.3 Å². The minimum Gasteiger partial charge on any atom is -0.489 e. The second-order valence-corrected chi connectivity index (χ2v) is 8.07. The number of aromatic amines is 1. The van der Waals surface area contributed by atoms with Crippen molar-refractivity contribution in [2.45, 2.75) is 4.90 Å². The molecule has 0 saturated carbocycles. The Labute approximate surface area is 148 Å². The molecule has 2 aliphatic heterocycles. The van der Waals surface area contributed by atoms with Gasteiger partial charge < -0.3 is 14.1 Å². The Morgan fingerprint density at radius 2 is 1.96 bits per heavy atom. The van der Waals surface area contributed by atoms with Gasteiger partial charge in [0.1, 0.15) is 18.0 Å². The van der Waals surface area contributed by atoms with Gasteiger partial charge in [-0.1, -0.05) is 6.07 Å². The molecule has 134 valence electrons. The third-order valence-electron chi connectivity index (χ3n) is 4.73. The molecule has 0 bridgehead atoms. The number of H-pyrrole nitrogens is 1. The summed E-state index contributed by atoms with van der Waals surface area (Å²) in [6.07, 6.45) is 0. The zero-order chi connectivity index (χ0) is 17.9. The minimum atomic E-state index is -3.81. The molecule has 1 aromatic heterocycles. The second kappa shape index (κ2) is 5.28. The maximum atomic E-state index is 13.3. The number of anilines is 2. The van der Waals surface area contributed by atoms with E-state index >= 15 is 0 Å². The summed E-state index contributed by atoms with van der Waals surface area (Å²) in [5.41, 5.74) is 2.09. The van der Waals surface area contributed by atoms with Crippen LogP contribution in [0.5, 0.6) is 5.75 Å². The number of rotatable bonds is 2. The number of nitrogens with one attached hydrogen (secondary N) is 1. The van der Waals surface area contributed by atoms with Gasteiger partial charge in [0.15, 0.2) is 5.58 Å². The van der Waals surface area contributed by atoms with Crippen LogP contribution in [-0.4, -0.2) is 39.6 Å². The number of ether oxygens (including phenoxy) is 1. The number of oxazole rings is 1. The van der Waals surface area contributed by atoms with E-state index in [2.05, 4.69) is 9.88 Å². The van der Waals surface area contributed by atoms with Crippen molar-refractivity contribution in [2.24, 2.45) is 0 Å². The van der Waals surface area contributed by atoms with Crippen molar-refractivity contribution in [1.29, 1.82) is 0 Å². The lowest BCUT2D eigenvalue weighted by Gasteiger charge is -2.41. The van der Waals surface area contributed by atoms with Crippen LogP contribution in [0.4, 0.5) is 11.4 Å². The smallest absolute Gasteiger partial charge is 0.417 e. The predicted octanol–water partition coefficient (Wildman–Crippen LogP) is 1.53. The monoisotopic (exact) mass is 373 g/mol. The molecule has 3 aromatic rings. The van der Waals surface area contributed by atoms with E-state index in [1.165, 1.54) is 22.5 Å². The van der Waals surface area contributed by atoms with Crippen LogP contribution in [0.3, 0.4) is 0 Å². The van der Waals surface area contributed by atoms with E-state index in [9.17, 15) is 13.2 Å². The quantitative estimate of drug-likeness (QED) is 0.732. The lowest BCUT2D eigenvalue weighted by molar-refractivity contribution is 0.307. The van der Waals surface area contributed by atoms with E-state index in [-0.39, 0.29) is 10.5 Å². The van der Waals surface area contributed by atoms with Gasteiger partial charge >= 0.3 is 5.76 Å². The number of sulfonamides is 1. The largest absolute Gasteiger partial charge is 0.489 e. The van der Waals surface area contributed by atoms with Gasteiger partial charge in [0.05, 0.1) is 29.2 Å². The molecule has 2 aromatic carbocycles. The number of para-hydroxylation sites is 1. The summed E-state index contributed by atoms with van der Waals surface area (Å²) < 4.78 is 38.6. The molecule has 0 atom stereocenters. The highest BCUT2D eigenvalue weighted by Gasteiger charge is 2.35. The van der Waals surface area contributed by atoms with Gasteiger partial charge in [0, 0.05) is 12.6 Å². The molecule has 0 saturated heterocycles. The Kier molecular flexibility index (Phi) is 3.11. The standard InChI is InChI=1S/C17H15N3O5S/c21-17-18-12-5-4-11(10-15(12)25-17)26(22,23)20-7-6-19-8-9-24-14-3-1-2-13(20)16(14)19/h1-5,10H,6-9H2,(H,18,21). The van der Waals surface area contributed by atoms with Crippen molar-refractivity contribution in [3.05, 3.63) is 46.9 Å². The molecular weight excluding hydrogens is 358 g/mol. The topological polar surface area (TPSA) is 95.8 Å². The highest BCUT2D eigenvalue weighted by Crippen LogP contribution is 2.44. The first kappa shape index (κ1) is 15.3. The van der Waals surface area contributed by atoms with E-state index in [0.29, 0.717) is 36.6 Å². The normalized spacial score (nSPS) is 16.5. The fraction of sp³-hybridized carbons (Fsp3) is 0.235. The Balaban J connectivity index is 1.65. The van der Waals surface area contributed by atoms with Gasteiger partial charge in [-0.25, -0.2) is 13.2 Å². The average Bonchev–Trinajstić information content (AvgIpc) is 3.01. The molecule has 3 heterocycles. The van der Waals surface area contributed by atoms with E-state index in [1.54, 1.807) is 12.1 Å². The number of fused-ring (bicyclic) bond motifs is 1. The van der Waals surface area contributed by atoms with E-state index in [4.69, 9.17) is 9.15 Å². The van der Waals surface area contributed by atoms with Crippen molar-refractivity contribution in [3.63, 3.8) is 0 Å². The summed E-state index contributed by atoms with van der Waals surface area (Å²) in [6.45, 7) is 2.26. The fourth-order valence-electron chi connectivity index (χ4n) is 3.54. The molecule has 1 N–H and O–H groups in total. The van der Waals surface area contributed by atoms with Gasteiger partial charge in [0.2, 0.25) is 0 Å². The molecule has 0 radical (unpaired) electrons. The van der Waals surface area contributed by atoms with Crippen molar-refractivity contribution in [1.82, 2.24) is 4.98 Å². The molecular formula is C17H15N3O5S. The lowest BCUT2D eigenvalue weighted by Crippen LogP contribution is -2.46. The zero-order valence-corrected chi connectivity index (χ0v) is 14.5. The van der Waals surface area contributed by atoms with E-state index in [0.717, 1.165) is 12.2 Å². The van der Waals surface area contributed by atoms with Crippen LogP contribution in [0.1, 0.15) is 0 Å². The Bertz CT molecular complexity index is 1180. The number of nitrogens with zero attached hydrogens (tertiary/aromatic N) is 2. The second-order valence-electron chi connectivity index (χ2n) is 6.21. The molecule has 2 aliphatic rings. The first-order valence-electron chi connectivity index (χ1n) is 8.20. The molecule has 0 fully saturated rings. The number of benzene rings is 2. The van der Waals surface area contributed by atoms with Crippen LogP contribution in [0.15, 0.2) is 50.5 Å².